The second kappa shape index (κ2) is 21.8. The van der Waals surface area contributed by atoms with Crippen molar-refractivity contribution in [3.8, 4) is 0 Å². The first-order chi connectivity index (χ1) is 11.6. The van der Waals surface area contributed by atoms with Gasteiger partial charge in [0.15, 0.2) is 0 Å². The molecule has 0 rings (SSSR count). The summed E-state index contributed by atoms with van der Waals surface area (Å²) in [5, 5.41) is 0. The molecule has 0 amide bonds. The van der Waals surface area contributed by atoms with E-state index in [-0.39, 0.29) is 0 Å². The van der Waals surface area contributed by atoms with Crippen molar-refractivity contribution in [1.29, 1.82) is 0 Å². The van der Waals surface area contributed by atoms with Crippen LogP contribution in [-0.4, -0.2) is 57.8 Å². The van der Waals surface area contributed by atoms with Crippen LogP contribution < -0.4 is 9.80 Å². The maximum Gasteiger partial charge on any atom is 0.0768 e. The van der Waals surface area contributed by atoms with E-state index >= 15 is 0 Å². The number of hydrogen-bond acceptors (Lipinski definition) is 4. The molecule has 0 aromatic heterocycles. The fourth-order valence-corrected chi connectivity index (χ4v) is 2.16. The summed E-state index contributed by atoms with van der Waals surface area (Å²) in [6.07, 6.45) is 10.9. The van der Waals surface area contributed by atoms with Gasteiger partial charge in [-0.05, 0) is 25.7 Å². The normalized spacial score (nSPS) is 11.0. The van der Waals surface area contributed by atoms with Crippen molar-refractivity contribution in [2.45, 2.75) is 79.1 Å². The zero-order valence-electron chi connectivity index (χ0n) is 17.5. The molecule has 25 heavy (non-hydrogen) atoms. The summed E-state index contributed by atoms with van der Waals surface area (Å²) < 4.78 is 34.1. The summed E-state index contributed by atoms with van der Waals surface area (Å²) in [6.45, 7) is 14.5. The molecule has 2 N–H and O–H groups in total. The summed E-state index contributed by atoms with van der Waals surface area (Å²) in [4.78, 5) is 3.40. The van der Waals surface area contributed by atoms with Gasteiger partial charge in [0, 0.05) is 10.4 Å². The fraction of sp³-hybridized carbons (Fsp3) is 1.00. The van der Waals surface area contributed by atoms with Crippen molar-refractivity contribution >= 4 is 10.4 Å². The Labute approximate surface area is 157 Å². The molecular weight excluding hydrogens is 340 g/mol. The minimum absolute atomic E-state index is 1.34. The predicted octanol–water partition coefficient (Wildman–Crippen LogP) is 0.865. The lowest BCUT2D eigenvalue weighted by atomic mass is 10.3. The highest BCUT2D eigenvalue weighted by atomic mass is 32.3. The number of nitrogens with one attached hydrogen (secondary N) is 2. The lowest BCUT2D eigenvalue weighted by Crippen LogP contribution is -3.08. The summed E-state index contributed by atoms with van der Waals surface area (Å²) in [5.41, 5.74) is 0. The van der Waals surface area contributed by atoms with Crippen molar-refractivity contribution < 1.29 is 27.3 Å². The second-order valence-electron chi connectivity index (χ2n) is 6.74. The Morgan fingerprint density at radius 1 is 0.600 bits per heavy atom. The molecule has 0 spiro atoms. The molecule has 7 heteroatoms. The minimum Gasteiger partial charge on any atom is -0.759 e. The van der Waals surface area contributed by atoms with Crippen LogP contribution in [0.3, 0.4) is 0 Å². The van der Waals surface area contributed by atoms with Crippen LogP contribution in [0, 0.1) is 0 Å². The molecule has 0 fully saturated rings. The highest BCUT2D eigenvalue weighted by molar-refractivity contribution is 7.79. The minimum atomic E-state index is -5.17. The Morgan fingerprint density at radius 3 is 0.880 bits per heavy atom. The van der Waals surface area contributed by atoms with E-state index in [0.29, 0.717) is 0 Å². The Bertz CT molecular complexity index is 296. The van der Waals surface area contributed by atoms with E-state index in [9.17, 15) is 0 Å². The van der Waals surface area contributed by atoms with Gasteiger partial charge in [-0.15, -0.1) is 0 Å². The predicted molar refractivity (Wildman–Crippen MR) is 103 cm³/mol. The number of rotatable bonds is 12. The van der Waals surface area contributed by atoms with Crippen molar-refractivity contribution in [3.63, 3.8) is 0 Å². The molecule has 0 aliphatic carbocycles. The van der Waals surface area contributed by atoms with Gasteiger partial charge in [0.05, 0.1) is 40.3 Å². The maximum atomic E-state index is 8.52. The summed E-state index contributed by atoms with van der Waals surface area (Å²) in [5.74, 6) is 0. The monoisotopic (exact) mass is 384 g/mol. The van der Waals surface area contributed by atoms with E-state index in [1.165, 1.54) is 77.5 Å². The van der Waals surface area contributed by atoms with Gasteiger partial charge in [-0.25, -0.2) is 0 Å². The summed E-state index contributed by atoms with van der Waals surface area (Å²) >= 11 is 0. The van der Waals surface area contributed by atoms with Crippen LogP contribution in [-0.2, 0) is 10.4 Å². The average Bonchev–Trinajstić information content (AvgIpc) is 2.53. The molecule has 6 nitrogen and oxygen atoms in total. The van der Waals surface area contributed by atoms with Gasteiger partial charge in [0.25, 0.3) is 0 Å². The van der Waals surface area contributed by atoms with Crippen LogP contribution in [0.25, 0.3) is 0 Å². The van der Waals surface area contributed by atoms with E-state index < -0.39 is 10.4 Å². The Morgan fingerprint density at radius 2 is 0.760 bits per heavy atom. The number of hydrogen-bond donors (Lipinski definition) is 2. The van der Waals surface area contributed by atoms with Crippen LogP contribution in [0.1, 0.15) is 79.1 Å². The molecule has 0 saturated carbocycles. The van der Waals surface area contributed by atoms with Gasteiger partial charge in [-0.1, -0.05) is 53.4 Å². The molecule has 0 atom stereocenters. The van der Waals surface area contributed by atoms with E-state index in [4.69, 9.17) is 17.5 Å². The molecule has 0 heterocycles. The third kappa shape index (κ3) is 45.3. The zero-order chi connectivity index (χ0) is 20.1. The molecular formula is C18H44N2O4S. The molecule has 0 aromatic rings. The smallest absolute Gasteiger partial charge is 0.0768 e. The summed E-state index contributed by atoms with van der Waals surface area (Å²) in [7, 11) is -0.573. The van der Waals surface area contributed by atoms with Gasteiger partial charge < -0.3 is 18.9 Å². The quantitative estimate of drug-likeness (QED) is 0.386. The lowest BCUT2D eigenvalue weighted by Gasteiger charge is -2.11. The van der Waals surface area contributed by atoms with Gasteiger partial charge in [-0.3, -0.25) is 8.42 Å². The topological polar surface area (TPSA) is 89.1 Å². The Hall–Kier alpha value is -0.210. The first-order valence-corrected chi connectivity index (χ1v) is 11.2. The summed E-state index contributed by atoms with van der Waals surface area (Å²) in [6, 6.07) is 0. The Kier molecular flexibility index (Phi) is 25.8. The largest absolute Gasteiger partial charge is 0.759 e. The third-order valence-corrected chi connectivity index (χ3v) is 3.83. The van der Waals surface area contributed by atoms with E-state index in [2.05, 4.69) is 41.8 Å². The second-order valence-corrected chi connectivity index (χ2v) is 7.55. The van der Waals surface area contributed by atoms with Gasteiger partial charge in [-0.2, -0.15) is 0 Å². The SMILES string of the molecule is CCCC[NH+](C)CCCC.CCCC[NH+](C)CCCC.O=S(=O)([O-])[O-]. The van der Waals surface area contributed by atoms with Crippen LogP contribution in [0.15, 0.2) is 0 Å². The molecule has 0 radical (unpaired) electrons. The molecule has 0 unspecified atom stereocenters. The standard InChI is InChI=1S/2C9H21N.H2O4S/c2*1-4-6-8-10(3)9-7-5-2;1-5(2,3)4/h2*4-9H2,1-3H3;(H2,1,2,3,4). The van der Waals surface area contributed by atoms with E-state index in [0.717, 1.165) is 0 Å². The van der Waals surface area contributed by atoms with Gasteiger partial charge >= 0.3 is 0 Å². The number of unbranched alkanes of at least 4 members (excludes halogenated alkanes) is 4. The van der Waals surface area contributed by atoms with Crippen LogP contribution in [0.5, 0.6) is 0 Å². The molecule has 0 bridgehead atoms. The molecule has 0 aliphatic rings. The molecule has 0 aliphatic heterocycles. The van der Waals surface area contributed by atoms with Crippen LogP contribution in [0.2, 0.25) is 0 Å². The third-order valence-electron chi connectivity index (χ3n) is 3.83. The maximum absolute atomic E-state index is 8.52. The molecule has 0 saturated heterocycles. The number of quaternary nitrogens is 2. The molecule has 156 valence electrons. The van der Waals surface area contributed by atoms with Crippen molar-refractivity contribution in [1.82, 2.24) is 0 Å². The van der Waals surface area contributed by atoms with Crippen molar-refractivity contribution in [2.75, 3.05) is 40.3 Å². The fourth-order valence-electron chi connectivity index (χ4n) is 2.16. The van der Waals surface area contributed by atoms with E-state index in [1.807, 2.05) is 0 Å². The zero-order valence-corrected chi connectivity index (χ0v) is 18.3. The first kappa shape index (κ1) is 29.5. The van der Waals surface area contributed by atoms with Gasteiger partial charge in [0.2, 0.25) is 0 Å². The lowest BCUT2D eigenvalue weighted by molar-refractivity contribution is -0.880. The van der Waals surface area contributed by atoms with Crippen molar-refractivity contribution in [2.24, 2.45) is 0 Å². The molecule has 0 aromatic carbocycles. The van der Waals surface area contributed by atoms with Crippen LogP contribution in [0.4, 0.5) is 0 Å². The van der Waals surface area contributed by atoms with Crippen molar-refractivity contribution in [3.05, 3.63) is 0 Å². The first-order valence-electron chi connectivity index (χ1n) is 9.91. The highest BCUT2D eigenvalue weighted by Gasteiger charge is 1.98. The average molecular weight is 385 g/mol. The highest BCUT2D eigenvalue weighted by Crippen LogP contribution is 1.82. The Balaban J connectivity index is -0.000000308. The van der Waals surface area contributed by atoms with Crippen LogP contribution >= 0.6 is 0 Å². The van der Waals surface area contributed by atoms with E-state index in [1.54, 1.807) is 9.80 Å². The van der Waals surface area contributed by atoms with Gasteiger partial charge in [0.1, 0.15) is 0 Å².